The topological polar surface area (TPSA) is 64.0 Å². The first-order chi connectivity index (χ1) is 9.04. The minimum absolute atomic E-state index is 0.331. The van der Waals surface area contributed by atoms with Crippen molar-refractivity contribution in [2.75, 3.05) is 34.4 Å². The maximum absolute atomic E-state index is 11.8. The van der Waals surface area contributed by atoms with Gasteiger partial charge in [-0.2, -0.15) is 4.99 Å². The standard InChI is InChI=1S/C13H19N3O3/c1-10-7-11(19-6-5-18-4)8-14-12(10)13(17)15-9-16(2)3/h7-9H,5-6H2,1-4H3/b15-9+. The van der Waals surface area contributed by atoms with Gasteiger partial charge in [0.1, 0.15) is 18.1 Å². The Hall–Kier alpha value is -1.95. The highest BCUT2D eigenvalue weighted by molar-refractivity contribution is 5.98. The zero-order valence-electron chi connectivity index (χ0n) is 11.7. The molecule has 0 aliphatic rings. The number of pyridine rings is 1. The van der Waals surface area contributed by atoms with Gasteiger partial charge in [0, 0.05) is 21.2 Å². The van der Waals surface area contributed by atoms with Crippen molar-refractivity contribution in [3.05, 3.63) is 23.5 Å². The van der Waals surface area contributed by atoms with Gasteiger partial charge in [-0.05, 0) is 18.6 Å². The van der Waals surface area contributed by atoms with Crippen molar-refractivity contribution in [2.24, 2.45) is 4.99 Å². The van der Waals surface area contributed by atoms with Crippen molar-refractivity contribution >= 4 is 12.2 Å². The fourth-order valence-corrected chi connectivity index (χ4v) is 1.32. The summed E-state index contributed by atoms with van der Waals surface area (Å²) in [6.07, 6.45) is 2.97. The van der Waals surface area contributed by atoms with Crippen molar-refractivity contribution in [2.45, 2.75) is 6.92 Å². The summed E-state index contributed by atoms with van der Waals surface area (Å²) >= 11 is 0. The third-order valence-electron chi connectivity index (χ3n) is 2.22. The van der Waals surface area contributed by atoms with Crippen LogP contribution in [0.25, 0.3) is 0 Å². The number of rotatable bonds is 6. The minimum Gasteiger partial charge on any atom is -0.490 e. The second-order valence-corrected chi connectivity index (χ2v) is 4.19. The van der Waals surface area contributed by atoms with Gasteiger partial charge in [-0.3, -0.25) is 4.79 Å². The third-order valence-corrected chi connectivity index (χ3v) is 2.22. The van der Waals surface area contributed by atoms with E-state index in [0.29, 0.717) is 24.7 Å². The molecule has 0 fully saturated rings. The van der Waals surface area contributed by atoms with Gasteiger partial charge in [-0.1, -0.05) is 0 Å². The molecule has 1 aromatic rings. The van der Waals surface area contributed by atoms with Gasteiger partial charge in [0.2, 0.25) is 0 Å². The van der Waals surface area contributed by atoms with Crippen LogP contribution in [0.1, 0.15) is 16.1 Å². The molecule has 0 aliphatic heterocycles. The van der Waals surface area contributed by atoms with E-state index < -0.39 is 0 Å². The Kier molecular flexibility index (Phi) is 5.95. The first-order valence-corrected chi connectivity index (χ1v) is 5.88. The maximum Gasteiger partial charge on any atom is 0.297 e. The Balaban J connectivity index is 2.74. The Morgan fingerprint density at radius 1 is 1.47 bits per heavy atom. The van der Waals surface area contributed by atoms with Gasteiger partial charge in [0.05, 0.1) is 19.1 Å². The van der Waals surface area contributed by atoms with Crippen LogP contribution in [0.5, 0.6) is 5.75 Å². The number of aliphatic imine (C=N–C) groups is 1. The van der Waals surface area contributed by atoms with E-state index in [1.807, 2.05) is 0 Å². The van der Waals surface area contributed by atoms with Gasteiger partial charge in [-0.25, -0.2) is 4.98 Å². The van der Waals surface area contributed by atoms with Crippen LogP contribution in [0, 0.1) is 6.92 Å². The van der Waals surface area contributed by atoms with E-state index in [2.05, 4.69) is 9.98 Å². The van der Waals surface area contributed by atoms with E-state index in [9.17, 15) is 4.79 Å². The second-order valence-electron chi connectivity index (χ2n) is 4.19. The van der Waals surface area contributed by atoms with E-state index in [-0.39, 0.29) is 5.91 Å². The molecule has 1 amide bonds. The minimum atomic E-state index is -0.366. The highest BCUT2D eigenvalue weighted by Gasteiger charge is 2.10. The Morgan fingerprint density at radius 3 is 2.79 bits per heavy atom. The van der Waals surface area contributed by atoms with Gasteiger partial charge in [0.25, 0.3) is 5.91 Å². The molecule has 0 spiro atoms. The molecule has 6 heteroatoms. The molecule has 104 valence electrons. The van der Waals surface area contributed by atoms with Crippen molar-refractivity contribution in [3.63, 3.8) is 0 Å². The van der Waals surface area contributed by atoms with Crippen molar-refractivity contribution in [3.8, 4) is 5.75 Å². The number of hydrogen-bond acceptors (Lipinski definition) is 4. The Morgan fingerprint density at radius 2 is 2.21 bits per heavy atom. The Bertz CT molecular complexity index is 458. The van der Waals surface area contributed by atoms with Gasteiger partial charge < -0.3 is 14.4 Å². The molecule has 0 radical (unpaired) electrons. The first kappa shape index (κ1) is 15.1. The number of hydrogen-bond donors (Lipinski definition) is 0. The van der Waals surface area contributed by atoms with Crippen LogP contribution in [0.4, 0.5) is 0 Å². The fraction of sp³-hybridized carbons (Fsp3) is 0.462. The number of aromatic nitrogens is 1. The van der Waals surface area contributed by atoms with Crippen molar-refractivity contribution in [1.82, 2.24) is 9.88 Å². The summed E-state index contributed by atoms with van der Waals surface area (Å²) in [5.74, 6) is 0.248. The van der Waals surface area contributed by atoms with E-state index >= 15 is 0 Å². The number of nitrogens with zero attached hydrogens (tertiary/aromatic N) is 3. The summed E-state index contributed by atoms with van der Waals surface area (Å²) in [6, 6.07) is 1.76. The average Bonchev–Trinajstić information content (AvgIpc) is 2.36. The van der Waals surface area contributed by atoms with Gasteiger partial charge >= 0.3 is 0 Å². The number of carbonyl (C=O) groups is 1. The largest absolute Gasteiger partial charge is 0.490 e. The summed E-state index contributed by atoms with van der Waals surface area (Å²) in [5.41, 5.74) is 1.06. The molecule has 0 aromatic carbocycles. The molecule has 0 saturated heterocycles. The maximum atomic E-state index is 11.8. The molecule has 0 aliphatic carbocycles. The average molecular weight is 265 g/mol. The first-order valence-electron chi connectivity index (χ1n) is 5.88. The van der Waals surface area contributed by atoms with Crippen LogP contribution < -0.4 is 4.74 Å². The summed E-state index contributed by atoms with van der Waals surface area (Å²) in [7, 11) is 5.20. The quantitative estimate of drug-likeness (QED) is 0.438. The SMILES string of the molecule is COCCOc1cnc(C(=O)/N=C/N(C)C)c(C)c1. The van der Waals surface area contributed by atoms with Crippen LogP contribution in [0.2, 0.25) is 0 Å². The third kappa shape index (κ3) is 5.05. The number of methoxy groups -OCH3 is 1. The molecule has 0 bridgehead atoms. The summed E-state index contributed by atoms with van der Waals surface area (Å²) in [5, 5.41) is 0. The number of carbonyl (C=O) groups excluding carboxylic acids is 1. The monoisotopic (exact) mass is 265 g/mol. The lowest BCUT2D eigenvalue weighted by molar-refractivity contribution is 0.0996. The number of amides is 1. The normalized spacial score (nSPS) is 10.7. The number of aryl methyl sites for hydroxylation is 1. The lowest BCUT2D eigenvalue weighted by atomic mass is 10.2. The molecule has 0 N–H and O–H groups in total. The lowest BCUT2D eigenvalue weighted by Gasteiger charge is -2.07. The van der Waals surface area contributed by atoms with Gasteiger partial charge in [-0.15, -0.1) is 0 Å². The predicted molar refractivity (Wildman–Crippen MR) is 72.9 cm³/mol. The predicted octanol–water partition coefficient (Wildman–Crippen LogP) is 1.15. The molecule has 0 unspecified atom stereocenters. The zero-order valence-corrected chi connectivity index (χ0v) is 11.7. The Labute approximate surface area is 113 Å². The van der Waals surface area contributed by atoms with Crippen LogP contribution in [-0.4, -0.2) is 56.5 Å². The van der Waals surface area contributed by atoms with Crippen LogP contribution in [0.3, 0.4) is 0 Å². The molecule has 0 atom stereocenters. The summed E-state index contributed by atoms with van der Waals surface area (Å²) in [6.45, 7) is 2.76. The van der Waals surface area contributed by atoms with Crippen LogP contribution in [0.15, 0.2) is 17.3 Å². The zero-order chi connectivity index (χ0) is 14.3. The highest BCUT2D eigenvalue weighted by Crippen LogP contribution is 2.15. The molecular weight excluding hydrogens is 246 g/mol. The second kappa shape index (κ2) is 7.48. The van der Waals surface area contributed by atoms with Crippen LogP contribution in [-0.2, 0) is 4.74 Å². The molecular formula is C13H19N3O3. The van der Waals surface area contributed by atoms with Crippen molar-refractivity contribution in [1.29, 1.82) is 0 Å². The highest BCUT2D eigenvalue weighted by atomic mass is 16.5. The smallest absolute Gasteiger partial charge is 0.297 e. The van der Waals surface area contributed by atoms with E-state index in [4.69, 9.17) is 9.47 Å². The number of ether oxygens (including phenoxy) is 2. The summed E-state index contributed by atoms with van der Waals surface area (Å²) < 4.78 is 10.3. The molecule has 1 aromatic heterocycles. The molecule has 19 heavy (non-hydrogen) atoms. The van der Waals surface area contributed by atoms with Crippen LogP contribution >= 0.6 is 0 Å². The lowest BCUT2D eigenvalue weighted by Crippen LogP contribution is -2.11. The summed E-state index contributed by atoms with van der Waals surface area (Å²) in [4.78, 5) is 21.4. The fourth-order valence-electron chi connectivity index (χ4n) is 1.32. The molecule has 1 heterocycles. The molecule has 0 saturated carbocycles. The van der Waals surface area contributed by atoms with E-state index in [1.54, 1.807) is 39.1 Å². The molecule has 6 nitrogen and oxygen atoms in total. The van der Waals surface area contributed by atoms with E-state index in [1.165, 1.54) is 12.5 Å². The van der Waals surface area contributed by atoms with Gasteiger partial charge in [0.15, 0.2) is 0 Å². The van der Waals surface area contributed by atoms with E-state index in [0.717, 1.165) is 5.56 Å². The van der Waals surface area contributed by atoms with Crippen molar-refractivity contribution < 1.29 is 14.3 Å². The molecule has 1 rings (SSSR count).